The van der Waals surface area contributed by atoms with Crippen molar-refractivity contribution >= 4 is 23.3 Å². The first-order valence-corrected chi connectivity index (χ1v) is 11.1. The molecule has 1 aromatic carbocycles. The average molecular weight is 441 g/mol. The number of nitrogens with two attached hydrogens (primary N) is 1. The zero-order valence-corrected chi connectivity index (χ0v) is 18.6. The van der Waals surface area contributed by atoms with Crippen molar-refractivity contribution in [3.63, 3.8) is 0 Å². The topological polar surface area (TPSA) is 97.5 Å². The molecule has 2 fully saturated rings. The largest absolute Gasteiger partial charge is 0.476 e. The first kappa shape index (κ1) is 22.3. The predicted molar refractivity (Wildman–Crippen MR) is 127 cm³/mol. The monoisotopic (exact) mass is 440 g/mol. The third-order valence-corrected chi connectivity index (χ3v) is 5.53. The van der Waals surface area contributed by atoms with E-state index in [-0.39, 0.29) is 0 Å². The fraction of sp³-hybridized carbons (Fsp3) is 0.478. The third-order valence-electron chi connectivity index (χ3n) is 5.53. The van der Waals surface area contributed by atoms with Gasteiger partial charge in [0.05, 0.1) is 49.7 Å². The van der Waals surface area contributed by atoms with Crippen LogP contribution in [0.5, 0.6) is 5.88 Å². The summed E-state index contributed by atoms with van der Waals surface area (Å²) >= 11 is 0. The van der Waals surface area contributed by atoms with Crippen molar-refractivity contribution in [3.8, 4) is 5.88 Å². The maximum Gasteiger partial charge on any atom is 0.215 e. The highest BCUT2D eigenvalue weighted by atomic mass is 16.5. The lowest BCUT2D eigenvalue weighted by molar-refractivity contribution is 0.0320. The molecule has 0 unspecified atom stereocenters. The number of aromatic nitrogens is 1. The number of hydrogen-bond donors (Lipinski definition) is 2. The Morgan fingerprint density at radius 1 is 1.09 bits per heavy atom. The van der Waals surface area contributed by atoms with Crippen molar-refractivity contribution in [2.45, 2.75) is 6.92 Å². The molecule has 4 rings (SSSR count). The number of hydrogen-bond acceptors (Lipinski definition) is 9. The molecule has 2 aliphatic rings. The summed E-state index contributed by atoms with van der Waals surface area (Å²) in [6.07, 6.45) is 1.69. The Hall–Kier alpha value is -2.88. The third kappa shape index (κ3) is 6.32. The van der Waals surface area contributed by atoms with Gasteiger partial charge in [0, 0.05) is 44.5 Å². The number of nitrogens with one attached hydrogen (secondary N) is 1. The lowest BCUT2D eigenvalue weighted by Gasteiger charge is -2.29. The first-order valence-electron chi connectivity index (χ1n) is 11.1. The van der Waals surface area contributed by atoms with Crippen molar-refractivity contribution in [1.82, 2.24) is 9.88 Å². The smallest absolute Gasteiger partial charge is 0.215 e. The normalized spacial score (nSPS) is 17.6. The fourth-order valence-electron chi connectivity index (χ4n) is 3.69. The fourth-order valence-corrected chi connectivity index (χ4v) is 3.69. The van der Waals surface area contributed by atoms with Crippen molar-refractivity contribution in [1.29, 1.82) is 0 Å². The van der Waals surface area contributed by atoms with Gasteiger partial charge in [0.2, 0.25) is 5.88 Å². The quantitative estimate of drug-likeness (QED) is 0.365. The molecule has 0 aliphatic carbocycles. The molecule has 3 N–H and O–H groups in total. The second kappa shape index (κ2) is 11.1. The number of benzene rings is 1. The Balaban J connectivity index is 1.45. The van der Waals surface area contributed by atoms with E-state index < -0.39 is 0 Å². The van der Waals surface area contributed by atoms with E-state index >= 15 is 0 Å². The summed E-state index contributed by atoms with van der Waals surface area (Å²) in [4.78, 5) is 9.26. The Bertz CT molecular complexity index is 911. The molecule has 0 spiro atoms. The summed E-state index contributed by atoms with van der Waals surface area (Å²) in [6.45, 7) is 10.00. The van der Waals surface area contributed by atoms with Gasteiger partial charge in [-0.25, -0.2) is 4.98 Å². The molecule has 0 amide bonds. The minimum atomic E-state index is 0.578. The van der Waals surface area contributed by atoms with Crippen LogP contribution in [0.4, 0.5) is 17.1 Å². The molecule has 9 nitrogen and oxygen atoms in total. The van der Waals surface area contributed by atoms with Crippen molar-refractivity contribution in [2.24, 2.45) is 5.10 Å². The first-order chi connectivity index (χ1) is 15.7. The van der Waals surface area contributed by atoms with Crippen LogP contribution in [0.3, 0.4) is 0 Å². The van der Waals surface area contributed by atoms with Gasteiger partial charge in [-0.1, -0.05) is 6.07 Å². The summed E-state index contributed by atoms with van der Waals surface area (Å²) in [5.74, 6) is 0.596. The van der Waals surface area contributed by atoms with Crippen LogP contribution in [0.25, 0.3) is 0 Å². The molecule has 2 saturated heterocycles. The van der Waals surface area contributed by atoms with Crippen LogP contribution in [0.1, 0.15) is 11.3 Å². The molecule has 32 heavy (non-hydrogen) atoms. The number of aryl methyl sites for hydroxylation is 1. The summed E-state index contributed by atoms with van der Waals surface area (Å²) in [6, 6.07) is 9.81. The molecule has 3 heterocycles. The van der Waals surface area contributed by atoms with Gasteiger partial charge in [-0.15, -0.1) is 0 Å². The Kier molecular flexibility index (Phi) is 7.76. The van der Waals surface area contributed by atoms with Crippen LogP contribution in [0.15, 0.2) is 35.4 Å². The number of rotatable bonds is 8. The molecule has 0 atom stereocenters. The van der Waals surface area contributed by atoms with Crippen LogP contribution in [0.2, 0.25) is 0 Å². The Labute approximate surface area is 189 Å². The second-order valence-corrected chi connectivity index (χ2v) is 7.95. The number of nitrogens with zero attached hydrogens (tertiary/aromatic N) is 4. The van der Waals surface area contributed by atoms with E-state index in [0.717, 1.165) is 62.9 Å². The number of hydrazone groups is 1. The standard InChI is InChI=1S/C23H32N6O3/c1-18-2-3-21(24)22(14-18)27-25-17-19-15-20(29-7-11-31-12-8-29)16-23(26-19)32-13-6-28-4-9-30-10-5-28/h2-3,14-17,27H,4-13,24H2,1H3/b25-17-. The SMILES string of the molecule is Cc1ccc(N)c(N/N=C\c2cc(N3CCOCC3)cc(OCCN3CCOCC3)n2)c1. The number of ether oxygens (including phenoxy) is 3. The van der Waals surface area contributed by atoms with Gasteiger partial charge in [0.15, 0.2) is 0 Å². The van der Waals surface area contributed by atoms with Gasteiger partial charge < -0.3 is 24.8 Å². The van der Waals surface area contributed by atoms with E-state index in [1.807, 2.05) is 37.3 Å². The average Bonchev–Trinajstić information content (AvgIpc) is 2.82. The van der Waals surface area contributed by atoms with Gasteiger partial charge in [0.25, 0.3) is 0 Å². The molecule has 172 valence electrons. The molecule has 0 bridgehead atoms. The Morgan fingerprint density at radius 2 is 1.84 bits per heavy atom. The zero-order chi connectivity index (χ0) is 22.2. The van der Waals surface area contributed by atoms with Gasteiger partial charge in [-0.3, -0.25) is 10.3 Å². The molecule has 9 heteroatoms. The van der Waals surface area contributed by atoms with Crippen molar-refractivity contribution in [2.75, 3.05) is 81.8 Å². The van der Waals surface area contributed by atoms with E-state index in [9.17, 15) is 0 Å². The summed E-state index contributed by atoms with van der Waals surface area (Å²) in [5, 5.41) is 4.36. The molecular formula is C23H32N6O3. The number of morpholine rings is 2. The maximum absolute atomic E-state index is 6.03. The van der Waals surface area contributed by atoms with Gasteiger partial charge in [-0.05, 0) is 30.7 Å². The van der Waals surface area contributed by atoms with E-state index in [4.69, 9.17) is 19.9 Å². The zero-order valence-electron chi connectivity index (χ0n) is 18.6. The molecule has 2 aromatic rings. The number of pyridine rings is 1. The van der Waals surface area contributed by atoms with Crippen molar-refractivity contribution < 1.29 is 14.2 Å². The maximum atomic E-state index is 6.03. The molecular weight excluding hydrogens is 408 g/mol. The number of anilines is 3. The van der Waals surface area contributed by atoms with E-state index in [1.165, 1.54) is 0 Å². The van der Waals surface area contributed by atoms with Crippen LogP contribution in [0, 0.1) is 6.92 Å². The lowest BCUT2D eigenvalue weighted by Crippen LogP contribution is -2.38. The van der Waals surface area contributed by atoms with E-state index in [0.29, 0.717) is 37.1 Å². The summed E-state index contributed by atoms with van der Waals surface area (Å²) in [7, 11) is 0. The van der Waals surface area contributed by atoms with Gasteiger partial charge >= 0.3 is 0 Å². The van der Waals surface area contributed by atoms with Crippen LogP contribution >= 0.6 is 0 Å². The molecule has 0 radical (unpaired) electrons. The Morgan fingerprint density at radius 3 is 2.62 bits per heavy atom. The number of nitrogen functional groups attached to an aromatic ring is 1. The highest BCUT2D eigenvalue weighted by Gasteiger charge is 2.15. The van der Waals surface area contributed by atoms with Gasteiger partial charge in [-0.2, -0.15) is 5.10 Å². The predicted octanol–water partition coefficient (Wildman–Crippen LogP) is 1.97. The van der Waals surface area contributed by atoms with Crippen molar-refractivity contribution in [3.05, 3.63) is 41.6 Å². The summed E-state index contributed by atoms with van der Waals surface area (Å²) < 4.78 is 16.9. The highest BCUT2D eigenvalue weighted by molar-refractivity contribution is 5.80. The lowest BCUT2D eigenvalue weighted by atomic mass is 10.2. The molecule has 0 saturated carbocycles. The van der Waals surface area contributed by atoms with Crippen LogP contribution in [-0.4, -0.2) is 81.9 Å². The van der Waals surface area contributed by atoms with E-state index in [1.54, 1.807) is 6.21 Å². The van der Waals surface area contributed by atoms with Crippen LogP contribution in [-0.2, 0) is 9.47 Å². The van der Waals surface area contributed by atoms with E-state index in [2.05, 4.69) is 25.3 Å². The highest BCUT2D eigenvalue weighted by Crippen LogP contribution is 2.23. The van der Waals surface area contributed by atoms with Gasteiger partial charge in [0.1, 0.15) is 6.61 Å². The molecule has 1 aromatic heterocycles. The van der Waals surface area contributed by atoms with Crippen LogP contribution < -0.4 is 20.8 Å². The summed E-state index contributed by atoms with van der Waals surface area (Å²) in [5.41, 5.74) is 13.4. The second-order valence-electron chi connectivity index (χ2n) is 7.95. The molecule has 2 aliphatic heterocycles. The minimum absolute atomic E-state index is 0.578. The minimum Gasteiger partial charge on any atom is -0.476 e.